The van der Waals surface area contributed by atoms with E-state index in [9.17, 15) is 57.9 Å². The Hall–Kier alpha value is -16.9. The summed E-state index contributed by atoms with van der Waals surface area (Å²) in [7, 11) is 0. The second-order valence-corrected chi connectivity index (χ2v) is 25.7. The third kappa shape index (κ3) is 12.9. The molecule has 21 heteroatoms. The molecule has 0 saturated carbocycles. The van der Waals surface area contributed by atoms with Gasteiger partial charge in [0.1, 0.15) is 82.5 Å². The molecule has 3 heterocycles. The lowest BCUT2D eigenvalue weighted by Gasteiger charge is -2.09. The molecule has 0 amide bonds. The fourth-order valence-electron chi connectivity index (χ4n) is 13.1. The molecule has 0 radical (unpaired) electrons. The maximum atomic E-state index is 14.5. The molecular formula is C90H35F6N13OS. The molecule has 0 aliphatic heterocycles. The van der Waals surface area contributed by atoms with Gasteiger partial charge in [0.2, 0.25) is 34.1 Å². The maximum absolute atomic E-state index is 14.5. The van der Waals surface area contributed by atoms with Crippen LogP contribution in [0.2, 0.25) is 0 Å². The lowest BCUT2D eigenvalue weighted by atomic mass is 9.98. The summed E-state index contributed by atoms with van der Waals surface area (Å²) in [4.78, 5) is 19.2. The second kappa shape index (κ2) is 29.3. The standard InChI is InChI=1S/C34H15F2N5.C28H10F2N4O.C28H10F2N4S/c1-39-29-16-22(12-24(18-37)33(29)35)20-8-10-31-27(14-20)28-15-21(23-13-25(19-38)34(36)30(17-23)40-2)9-11-32(28)41(31)26-6-4-3-5-7-26;2*1-33-23-9-17(7-19(13-31)27(23)29)15-3-5-21-22-6-4-16(12-26(22)35-25(21)11-15)18-8-20(14-32)28(30)24(10-18)34-2/h3-17H;2*3-12H. The van der Waals surface area contributed by atoms with Gasteiger partial charge in [-0.25, -0.2) is 55.4 Å². The zero-order valence-electron chi connectivity index (χ0n) is 56.6. The van der Waals surface area contributed by atoms with Crippen LogP contribution in [0.25, 0.3) is 165 Å². The number of furan rings is 1. The maximum Gasteiger partial charge on any atom is 0.224 e. The molecule has 3 aromatic heterocycles. The number of nitriles is 6. The van der Waals surface area contributed by atoms with Crippen molar-refractivity contribution in [1.82, 2.24) is 4.57 Å². The van der Waals surface area contributed by atoms with Gasteiger partial charge >= 0.3 is 0 Å². The number of thiophene rings is 1. The second-order valence-electron chi connectivity index (χ2n) is 24.7. The summed E-state index contributed by atoms with van der Waals surface area (Å²) < 4.78 is 95.6. The van der Waals surface area contributed by atoms with Gasteiger partial charge in [-0.15, -0.1) is 11.3 Å². The van der Waals surface area contributed by atoms with Crippen LogP contribution in [0.4, 0.5) is 60.5 Å². The lowest BCUT2D eigenvalue weighted by molar-refractivity contribution is 0.629. The Balaban J connectivity index is 0.000000139. The van der Waals surface area contributed by atoms with E-state index in [1.807, 2.05) is 127 Å². The first kappa shape index (κ1) is 71.1. The zero-order chi connectivity index (χ0) is 78.1. The number of para-hydroxylation sites is 1. The van der Waals surface area contributed by atoms with Crippen molar-refractivity contribution in [1.29, 1.82) is 31.6 Å². The average Bonchev–Trinajstić information content (AvgIpc) is 1.59. The third-order valence-electron chi connectivity index (χ3n) is 18.5. The Morgan fingerprint density at radius 1 is 0.270 bits per heavy atom. The normalized spacial score (nSPS) is 10.5. The average molecular weight is 1460 g/mol. The van der Waals surface area contributed by atoms with E-state index in [2.05, 4.69) is 33.6 Å². The molecule has 16 rings (SSSR count). The number of benzene rings is 13. The third-order valence-corrected chi connectivity index (χ3v) is 19.6. The summed E-state index contributed by atoms with van der Waals surface area (Å²) in [5, 5.41) is 61.1. The van der Waals surface area contributed by atoms with Crippen LogP contribution in [-0.4, -0.2) is 4.57 Å². The molecule has 111 heavy (non-hydrogen) atoms. The SMILES string of the molecule is [C-]#[N+]c1cc(-c2ccc3c(c2)c2cc(-c4cc(C#N)c(F)c([N+]#[C-])c4)ccc2n3-c2ccccc2)cc(C#N)c1F.[C-]#[N+]c1cc(-c2ccc3c(c2)oc2cc(-c4cc(C#N)c(F)c([N+]#[C-])c4)ccc23)cc(C#N)c1F.[C-]#[N+]c1cc(-c2ccc3c(c2)sc2cc(-c4cc(C#N)c(F)c([N+]#[C-])c4)ccc23)cc(C#N)c1F. The predicted molar refractivity (Wildman–Crippen MR) is 412 cm³/mol. The van der Waals surface area contributed by atoms with E-state index in [4.69, 9.17) is 43.8 Å². The Bertz CT molecular complexity index is 6460. The van der Waals surface area contributed by atoms with Gasteiger partial charge in [-0.05, 0) is 212 Å². The smallest absolute Gasteiger partial charge is 0.224 e. The zero-order valence-corrected chi connectivity index (χ0v) is 57.4. The summed E-state index contributed by atoms with van der Waals surface area (Å²) in [5.41, 5.74) is 8.74. The van der Waals surface area contributed by atoms with Crippen molar-refractivity contribution in [2.75, 3.05) is 0 Å². The molecule has 0 aliphatic rings. The van der Waals surface area contributed by atoms with Crippen molar-refractivity contribution < 1.29 is 30.8 Å². The van der Waals surface area contributed by atoms with Gasteiger partial charge in [0.25, 0.3) is 0 Å². The number of halogens is 6. The van der Waals surface area contributed by atoms with Gasteiger partial charge in [-0.1, -0.05) is 66.7 Å². The predicted octanol–water partition coefficient (Wildman–Crippen LogP) is 25.8. The highest BCUT2D eigenvalue weighted by Gasteiger charge is 2.22. The van der Waals surface area contributed by atoms with Crippen LogP contribution in [0, 0.1) is 142 Å². The summed E-state index contributed by atoms with van der Waals surface area (Å²) in [6, 6.07) is 71.4. The van der Waals surface area contributed by atoms with Crippen LogP contribution >= 0.6 is 11.3 Å². The molecular weight excluding hydrogens is 1430 g/mol. The van der Waals surface area contributed by atoms with E-state index in [0.717, 1.165) is 69.6 Å². The number of rotatable bonds is 7. The van der Waals surface area contributed by atoms with Gasteiger partial charge in [0.05, 0.1) is 83.8 Å². The van der Waals surface area contributed by atoms with Crippen LogP contribution in [0.15, 0.2) is 217 Å². The van der Waals surface area contributed by atoms with Gasteiger partial charge in [-0.2, -0.15) is 31.6 Å². The summed E-state index contributed by atoms with van der Waals surface area (Å²) >= 11 is 1.53. The van der Waals surface area contributed by atoms with E-state index in [1.165, 1.54) is 84.1 Å². The molecule has 0 unspecified atom stereocenters. The molecule has 0 atom stereocenters. The topological polar surface area (TPSA) is 187 Å². The van der Waals surface area contributed by atoms with Crippen molar-refractivity contribution in [3.63, 3.8) is 0 Å². The molecule has 16 aromatic rings. The Morgan fingerprint density at radius 2 is 0.523 bits per heavy atom. The molecule has 0 spiro atoms. The first-order valence-electron chi connectivity index (χ1n) is 32.7. The van der Waals surface area contributed by atoms with Crippen molar-refractivity contribution in [3.05, 3.63) is 349 Å². The van der Waals surface area contributed by atoms with Gasteiger partial charge in [0, 0.05) is 47.4 Å². The molecule has 0 aliphatic carbocycles. The molecule has 0 fully saturated rings. The van der Waals surface area contributed by atoms with Crippen LogP contribution in [-0.2, 0) is 0 Å². The van der Waals surface area contributed by atoms with Gasteiger partial charge < -0.3 is 8.98 Å². The van der Waals surface area contributed by atoms with Crippen LogP contribution in [0.1, 0.15) is 33.4 Å². The lowest BCUT2D eigenvalue weighted by Crippen LogP contribution is -1.93. The number of hydrogen-bond donors (Lipinski definition) is 0. The fourth-order valence-corrected chi connectivity index (χ4v) is 14.3. The van der Waals surface area contributed by atoms with E-state index in [-0.39, 0.29) is 67.5 Å². The molecule has 0 N–H and O–H groups in total. The molecule has 14 nitrogen and oxygen atoms in total. The van der Waals surface area contributed by atoms with Crippen molar-refractivity contribution in [3.8, 4) is 109 Å². The molecule has 13 aromatic carbocycles. The minimum atomic E-state index is -0.842. The Morgan fingerprint density at radius 3 is 0.793 bits per heavy atom. The Kier molecular flexibility index (Phi) is 18.8. The van der Waals surface area contributed by atoms with E-state index >= 15 is 0 Å². The van der Waals surface area contributed by atoms with Crippen LogP contribution < -0.4 is 0 Å². The molecule has 0 bridgehead atoms. The van der Waals surface area contributed by atoms with Crippen LogP contribution in [0.5, 0.6) is 0 Å². The van der Waals surface area contributed by atoms with E-state index in [0.29, 0.717) is 66.8 Å². The van der Waals surface area contributed by atoms with Crippen LogP contribution in [0.3, 0.4) is 0 Å². The first-order valence-corrected chi connectivity index (χ1v) is 33.5. The van der Waals surface area contributed by atoms with Crippen molar-refractivity contribution in [2.45, 2.75) is 0 Å². The van der Waals surface area contributed by atoms with E-state index < -0.39 is 34.9 Å². The molecule has 514 valence electrons. The van der Waals surface area contributed by atoms with Crippen molar-refractivity contribution in [2.24, 2.45) is 0 Å². The summed E-state index contributed by atoms with van der Waals surface area (Å²) in [6.45, 7) is 43.4. The summed E-state index contributed by atoms with van der Waals surface area (Å²) in [6.07, 6.45) is 0. The first-order chi connectivity index (χ1) is 53.9. The number of aromatic nitrogens is 1. The molecule has 0 saturated heterocycles. The highest BCUT2D eigenvalue weighted by Crippen LogP contribution is 2.44. The summed E-state index contributed by atoms with van der Waals surface area (Å²) in [5.74, 6) is -5.00. The minimum absolute atomic E-state index is 0.176. The highest BCUT2D eigenvalue weighted by atomic mass is 32.1. The van der Waals surface area contributed by atoms with E-state index in [1.54, 1.807) is 48.5 Å². The monoisotopic (exact) mass is 1460 g/mol. The van der Waals surface area contributed by atoms with Gasteiger partial charge in [-0.3, -0.25) is 0 Å². The Labute approximate surface area is 630 Å². The minimum Gasteiger partial charge on any atom is -0.456 e. The largest absolute Gasteiger partial charge is 0.456 e. The number of fused-ring (bicyclic) bond motifs is 9. The number of hydrogen-bond acceptors (Lipinski definition) is 8. The fraction of sp³-hybridized carbons (Fsp3) is 0. The quantitative estimate of drug-likeness (QED) is 0.112. The number of nitrogens with zero attached hydrogens (tertiary/aromatic N) is 13. The van der Waals surface area contributed by atoms with Gasteiger partial charge in [0.15, 0.2) is 0 Å². The highest BCUT2D eigenvalue weighted by molar-refractivity contribution is 7.25. The van der Waals surface area contributed by atoms with Crippen molar-refractivity contribution >= 4 is 109 Å².